The third-order valence-electron chi connectivity index (χ3n) is 3.50. The van der Waals surface area contributed by atoms with Crippen LogP contribution in [0.5, 0.6) is 0 Å². The molecule has 108 valence electrons. The summed E-state index contributed by atoms with van der Waals surface area (Å²) in [5.41, 5.74) is 4.59. The fraction of sp³-hybridized carbons (Fsp3) is 0.312. The number of aryl methyl sites for hydroxylation is 1. The first kappa shape index (κ1) is 14.1. The SMILES string of the molecule is CN(CCCc1cccnc1)Cc1ccc2nsnc2c1. The lowest BCUT2D eigenvalue weighted by atomic mass is 10.1. The van der Waals surface area contributed by atoms with Crippen LogP contribution in [0.2, 0.25) is 0 Å². The number of hydrogen-bond acceptors (Lipinski definition) is 5. The summed E-state index contributed by atoms with van der Waals surface area (Å²) < 4.78 is 8.53. The molecule has 0 unspecified atom stereocenters. The fourth-order valence-electron chi connectivity index (χ4n) is 2.42. The maximum Gasteiger partial charge on any atom is 0.105 e. The van der Waals surface area contributed by atoms with Crippen molar-refractivity contribution in [1.29, 1.82) is 0 Å². The van der Waals surface area contributed by atoms with Crippen molar-refractivity contribution in [3.8, 4) is 0 Å². The van der Waals surface area contributed by atoms with Crippen molar-refractivity contribution in [1.82, 2.24) is 18.6 Å². The minimum Gasteiger partial charge on any atom is -0.302 e. The maximum atomic E-state index is 4.29. The van der Waals surface area contributed by atoms with E-state index in [1.165, 1.54) is 22.9 Å². The zero-order valence-electron chi connectivity index (χ0n) is 12.1. The molecule has 0 aliphatic carbocycles. The molecule has 0 aliphatic rings. The first-order valence-corrected chi connectivity index (χ1v) is 7.83. The van der Waals surface area contributed by atoms with E-state index in [0.29, 0.717) is 0 Å². The second-order valence-corrected chi connectivity index (χ2v) is 5.82. The minimum atomic E-state index is 0.945. The van der Waals surface area contributed by atoms with Gasteiger partial charge >= 0.3 is 0 Å². The largest absolute Gasteiger partial charge is 0.302 e. The van der Waals surface area contributed by atoms with E-state index < -0.39 is 0 Å². The smallest absolute Gasteiger partial charge is 0.105 e. The highest BCUT2D eigenvalue weighted by atomic mass is 32.1. The second-order valence-electron chi connectivity index (χ2n) is 5.29. The molecule has 2 heterocycles. The molecule has 2 aromatic heterocycles. The normalized spacial score (nSPS) is 11.3. The van der Waals surface area contributed by atoms with Gasteiger partial charge in [0.2, 0.25) is 0 Å². The molecular weight excluding hydrogens is 280 g/mol. The van der Waals surface area contributed by atoms with Crippen LogP contribution < -0.4 is 0 Å². The Labute approximate surface area is 128 Å². The van der Waals surface area contributed by atoms with Crippen LogP contribution in [0.3, 0.4) is 0 Å². The first-order chi connectivity index (χ1) is 10.3. The van der Waals surface area contributed by atoms with Crippen molar-refractivity contribution in [2.24, 2.45) is 0 Å². The summed E-state index contributed by atoms with van der Waals surface area (Å²) in [5, 5.41) is 0. The molecule has 21 heavy (non-hydrogen) atoms. The quantitative estimate of drug-likeness (QED) is 0.701. The Morgan fingerprint density at radius 2 is 2.00 bits per heavy atom. The molecule has 0 atom stereocenters. The number of rotatable bonds is 6. The van der Waals surface area contributed by atoms with E-state index in [1.54, 1.807) is 0 Å². The van der Waals surface area contributed by atoms with Gasteiger partial charge in [-0.15, -0.1) is 0 Å². The van der Waals surface area contributed by atoms with Crippen LogP contribution in [-0.2, 0) is 13.0 Å². The number of fused-ring (bicyclic) bond motifs is 1. The molecule has 1 aromatic carbocycles. The highest BCUT2D eigenvalue weighted by Gasteiger charge is 2.04. The maximum absolute atomic E-state index is 4.29. The minimum absolute atomic E-state index is 0.945. The number of hydrogen-bond donors (Lipinski definition) is 0. The third kappa shape index (κ3) is 3.83. The van der Waals surface area contributed by atoms with E-state index in [1.807, 2.05) is 18.5 Å². The molecule has 0 saturated heterocycles. The fourth-order valence-corrected chi connectivity index (χ4v) is 2.93. The molecule has 0 fully saturated rings. The highest BCUT2D eigenvalue weighted by molar-refractivity contribution is 7.00. The summed E-state index contributed by atoms with van der Waals surface area (Å²) in [6, 6.07) is 10.5. The van der Waals surface area contributed by atoms with Gasteiger partial charge in [0.15, 0.2) is 0 Å². The molecule has 3 rings (SSSR count). The molecule has 4 nitrogen and oxygen atoms in total. The van der Waals surface area contributed by atoms with Crippen LogP contribution >= 0.6 is 11.7 Å². The van der Waals surface area contributed by atoms with Gasteiger partial charge in [-0.25, -0.2) is 0 Å². The van der Waals surface area contributed by atoms with Crippen molar-refractivity contribution < 1.29 is 0 Å². The Bertz CT molecular complexity index is 696. The molecule has 0 spiro atoms. The Balaban J connectivity index is 1.50. The lowest BCUT2D eigenvalue weighted by Gasteiger charge is -2.16. The van der Waals surface area contributed by atoms with Gasteiger partial charge in [0, 0.05) is 18.9 Å². The van der Waals surface area contributed by atoms with E-state index >= 15 is 0 Å². The summed E-state index contributed by atoms with van der Waals surface area (Å²) >= 11 is 1.27. The summed E-state index contributed by atoms with van der Waals surface area (Å²) in [5.74, 6) is 0. The lowest BCUT2D eigenvalue weighted by Crippen LogP contribution is -2.19. The summed E-state index contributed by atoms with van der Waals surface area (Å²) in [6.07, 6.45) is 5.98. The predicted molar refractivity (Wildman–Crippen MR) is 86.3 cm³/mol. The Hall–Kier alpha value is -1.85. The molecule has 0 radical (unpaired) electrons. The predicted octanol–water partition coefficient (Wildman–Crippen LogP) is 3.15. The molecule has 0 saturated carbocycles. The number of nitrogens with zero attached hydrogens (tertiary/aromatic N) is 4. The summed E-state index contributed by atoms with van der Waals surface area (Å²) in [7, 11) is 2.16. The zero-order valence-corrected chi connectivity index (χ0v) is 12.9. The molecule has 0 amide bonds. The van der Waals surface area contributed by atoms with Gasteiger partial charge in [0.25, 0.3) is 0 Å². The molecule has 0 N–H and O–H groups in total. The van der Waals surface area contributed by atoms with Crippen LogP contribution in [0.25, 0.3) is 11.0 Å². The molecular formula is C16H18N4S. The van der Waals surface area contributed by atoms with Crippen molar-refractivity contribution in [3.05, 3.63) is 53.9 Å². The van der Waals surface area contributed by atoms with Crippen LogP contribution in [0.4, 0.5) is 0 Å². The highest BCUT2D eigenvalue weighted by Crippen LogP contribution is 2.14. The van der Waals surface area contributed by atoms with Gasteiger partial charge in [-0.3, -0.25) is 4.98 Å². The number of aromatic nitrogens is 3. The van der Waals surface area contributed by atoms with Crippen molar-refractivity contribution in [2.45, 2.75) is 19.4 Å². The molecule has 0 bridgehead atoms. The summed E-state index contributed by atoms with van der Waals surface area (Å²) in [6.45, 7) is 2.02. The van der Waals surface area contributed by atoms with Gasteiger partial charge in [0.05, 0.1) is 11.7 Å². The van der Waals surface area contributed by atoms with Crippen LogP contribution in [0.1, 0.15) is 17.5 Å². The number of benzene rings is 1. The monoisotopic (exact) mass is 298 g/mol. The van der Waals surface area contributed by atoms with Gasteiger partial charge in [-0.1, -0.05) is 12.1 Å². The van der Waals surface area contributed by atoms with Crippen LogP contribution in [0.15, 0.2) is 42.7 Å². The molecule has 3 aromatic rings. The molecule has 5 heteroatoms. The van der Waals surface area contributed by atoms with E-state index in [2.05, 4.69) is 49.9 Å². The van der Waals surface area contributed by atoms with Gasteiger partial charge in [-0.2, -0.15) is 8.75 Å². The lowest BCUT2D eigenvalue weighted by molar-refractivity contribution is 0.322. The van der Waals surface area contributed by atoms with Gasteiger partial charge in [-0.05, 0) is 55.8 Å². The van der Waals surface area contributed by atoms with E-state index in [-0.39, 0.29) is 0 Å². The number of pyridine rings is 1. The van der Waals surface area contributed by atoms with E-state index in [0.717, 1.165) is 37.0 Å². The zero-order chi connectivity index (χ0) is 14.5. The van der Waals surface area contributed by atoms with E-state index in [9.17, 15) is 0 Å². The van der Waals surface area contributed by atoms with Crippen LogP contribution in [0, 0.1) is 0 Å². The Morgan fingerprint density at radius 1 is 1.10 bits per heavy atom. The Kier molecular flexibility index (Phi) is 4.52. The van der Waals surface area contributed by atoms with Crippen LogP contribution in [-0.4, -0.2) is 32.2 Å². The topological polar surface area (TPSA) is 41.9 Å². The van der Waals surface area contributed by atoms with E-state index in [4.69, 9.17) is 0 Å². The summed E-state index contributed by atoms with van der Waals surface area (Å²) in [4.78, 5) is 6.49. The van der Waals surface area contributed by atoms with Crippen molar-refractivity contribution >= 4 is 22.8 Å². The average molecular weight is 298 g/mol. The third-order valence-corrected chi connectivity index (χ3v) is 4.06. The second kappa shape index (κ2) is 6.74. The van der Waals surface area contributed by atoms with Gasteiger partial charge in [0.1, 0.15) is 11.0 Å². The standard InChI is InChI=1S/C16H18N4S/c1-20(9-3-5-13-4-2-8-17-11-13)12-14-6-7-15-16(10-14)19-21-18-15/h2,4,6-8,10-11H,3,5,9,12H2,1H3. The Morgan fingerprint density at radius 3 is 2.86 bits per heavy atom. The van der Waals surface area contributed by atoms with Gasteiger partial charge < -0.3 is 4.90 Å². The molecule has 0 aliphatic heterocycles. The van der Waals surface area contributed by atoms with Crippen molar-refractivity contribution in [2.75, 3.05) is 13.6 Å². The first-order valence-electron chi connectivity index (χ1n) is 7.10. The average Bonchev–Trinajstić information content (AvgIpc) is 2.96. The van der Waals surface area contributed by atoms with Crippen molar-refractivity contribution in [3.63, 3.8) is 0 Å².